The first-order valence-corrected chi connectivity index (χ1v) is 4.63. The van der Waals surface area contributed by atoms with Gasteiger partial charge in [0.1, 0.15) is 0 Å². The van der Waals surface area contributed by atoms with Crippen LogP contribution in [0.25, 0.3) is 0 Å². The van der Waals surface area contributed by atoms with Crippen molar-refractivity contribution in [2.75, 3.05) is 6.61 Å². The zero-order valence-corrected chi connectivity index (χ0v) is 8.53. The van der Waals surface area contributed by atoms with Crippen molar-refractivity contribution < 1.29 is 5.11 Å². The zero-order valence-electron chi connectivity index (χ0n) is 8.53. The molecule has 1 aromatic heterocycles. The lowest BCUT2D eigenvalue weighted by Crippen LogP contribution is -2.29. The molecule has 1 atom stereocenters. The number of nitrogens with one attached hydrogen (secondary N) is 1. The molecule has 0 fully saturated rings. The van der Waals surface area contributed by atoms with Crippen LogP contribution in [0.4, 0.5) is 0 Å². The number of rotatable bonds is 4. The molecule has 1 heterocycles. The first kappa shape index (κ1) is 10.9. The van der Waals surface area contributed by atoms with Gasteiger partial charge in [-0.2, -0.15) is 0 Å². The third-order valence-corrected chi connectivity index (χ3v) is 2.10. The van der Waals surface area contributed by atoms with E-state index in [9.17, 15) is 4.79 Å². The molecule has 0 aliphatic heterocycles. The second kappa shape index (κ2) is 4.93. The van der Waals surface area contributed by atoms with Crippen molar-refractivity contribution in [3.63, 3.8) is 0 Å². The molecule has 0 saturated heterocycles. The predicted molar refractivity (Wildman–Crippen MR) is 55.1 cm³/mol. The lowest BCUT2D eigenvalue weighted by Gasteiger charge is -2.10. The Morgan fingerprint density at radius 2 is 2.36 bits per heavy atom. The SMILES string of the molecule is CC(CO)NCc1ccn(C)c(=O)c1. The van der Waals surface area contributed by atoms with Crippen LogP contribution in [0, 0.1) is 0 Å². The molecule has 0 amide bonds. The molecular weight excluding hydrogens is 180 g/mol. The van der Waals surface area contributed by atoms with Crippen LogP contribution >= 0.6 is 0 Å². The molecular formula is C10H16N2O2. The minimum absolute atomic E-state index is 0.0130. The average molecular weight is 196 g/mol. The van der Waals surface area contributed by atoms with Gasteiger partial charge in [0, 0.05) is 31.9 Å². The second-order valence-electron chi connectivity index (χ2n) is 3.45. The van der Waals surface area contributed by atoms with E-state index < -0.39 is 0 Å². The molecule has 2 N–H and O–H groups in total. The maximum absolute atomic E-state index is 11.2. The van der Waals surface area contributed by atoms with E-state index in [1.54, 1.807) is 19.3 Å². The van der Waals surface area contributed by atoms with Crippen molar-refractivity contribution in [1.29, 1.82) is 0 Å². The van der Waals surface area contributed by atoms with Gasteiger partial charge in [-0.3, -0.25) is 4.79 Å². The van der Waals surface area contributed by atoms with E-state index >= 15 is 0 Å². The van der Waals surface area contributed by atoms with Crippen molar-refractivity contribution in [1.82, 2.24) is 9.88 Å². The fourth-order valence-electron chi connectivity index (χ4n) is 1.06. The van der Waals surface area contributed by atoms with Crippen LogP contribution in [0.5, 0.6) is 0 Å². The Kier molecular flexibility index (Phi) is 3.85. The van der Waals surface area contributed by atoms with Gasteiger partial charge in [0.2, 0.25) is 0 Å². The van der Waals surface area contributed by atoms with E-state index in [0.29, 0.717) is 6.54 Å². The monoisotopic (exact) mass is 196 g/mol. The number of aliphatic hydroxyl groups excluding tert-OH is 1. The van der Waals surface area contributed by atoms with Gasteiger partial charge in [-0.05, 0) is 18.6 Å². The second-order valence-corrected chi connectivity index (χ2v) is 3.45. The lowest BCUT2D eigenvalue weighted by molar-refractivity contribution is 0.251. The predicted octanol–water partition coefficient (Wildman–Crippen LogP) is -0.144. The maximum atomic E-state index is 11.2. The number of aliphatic hydroxyl groups is 1. The highest BCUT2D eigenvalue weighted by atomic mass is 16.3. The van der Waals surface area contributed by atoms with Crippen LogP contribution in [0.3, 0.4) is 0 Å². The standard InChI is InChI=1S/C10H16N2O2/c1-8(7-13)11-6-9-3-4-12(2)10(14)5-9/h3-5,8,11,13H,6-7H2,1-2H3. The Morgan fingerprint density at radius 3 is 2.93 bits per heavy atom. The Bertz CT molecular complexity index is 346. The summed E-state index contributed by atoms with van der Waals surface area (Å²) in [4.78, 5) is 11.2. The number of pyridine rings is 1. The summed E-state index contributed by atoms with van der Waals surface area (Å²) in [5.74, 6) is 0. The van der Waals surface area contributed by atoms with Gasteiger partial charge in [0.05, 0.1) is 6.61 Å². The zero-order chi connectivity index (χ0) is 10.6. The Labute approximate surface area is 83.2 Å². The summed E-state index contributed by atoms with van der Waals surface area (Å²) >= 11 is 0. The minimum Gasteiger partial charge on any atom is -0.395 e. The summed E-state index contributed by atoms with van der Waals surface area (Å²) in [6.45, 7) is 2.60. The molecule has 0 aromatic carbocycles. The quantitative estimate of drug-likeness (QED) is 0.704. The molecule has 78 valence electrons. The summed E-state index contributed by atoms with van der Waals surface area (Å²) in [6.07, 6.45) is 1.74. The van der Waals surface area contributed by atoms with Crippen molar-refractivity contribution in [3.8, 4) is 0 Å². The van der Waals surface area contributed by atoms with Gasteiger partial charge >= 0.3 is 0 Å². The van der Waals surface area contributed by atoms with E-state index in [-0.39, 0.29) is 18.2 Å². The molecule has 1 aromatic rings. The number of aryl methyl sites for hydroxylation is 1. The third kappa shape index (κ3) is 2.97. The van der Waals surface area contributed by atoms with Crippen LogP contribution in [0.1, 0.15) is 12.5 Å². The summed E-state index contributed by atoms with van der Waals surface area (Å²) in [5, 5.41) is 11.9. The molecule has 1 rings (SSSR count). The van der Waals surface area contributed by atoms with Gasteiger partial charge < -0.3 is 15.0 Å². The van der Waals surface area contributed by atoms with Crippen LogP contribution in [0.15, 0.2) is 23.1 Å². The van der Waals surface area contributed by atoms with Crippen molar-refractivity contribution >= 4 is 0 Å². The first-order chi connectivity index (χ1) is 6.63. The van der Waals surface area contributed by atoms with Crippen molar-refractivity contribution in [2.45, 2.75) is 19.5 Å². The summed E-state index contributed by atoms with van der Waals surface area (Å²) in [6, 6.07) is 3.54. The third-order valence-electron chi connectivity index (χ3n) is 2.10. The Hall–Kier alpha value is -1.13. The molecule has 0 spiro atoms. The van der Waals surface area contributed by atoms with E-state index in [1.807, 2.05) is 13.0 Å². The normalized spacial score (nSPS) is 12.8. The molecule has 1 unspecified atom stereocenters. The molecule has 0 bridgehead atoms. The molecule has 0 radical (unpaired) electrons. The Morgan fingerprint density at radius 1 is 1.64 bits per heavy atom. The number of aromatic nitrogens is 1. The molecule has 0 saturated carbocycles. The van der Waals surface area contributed by atoms with Crippen molar-refractivity contribution in [2.24, 2.45) is 7.05 Å². The minimum atomic E-state index is -0.0130. The molecule has 4 nitrogen and oxygen atoms in total. The maximum Gasteiger partial charge on any atom is 0.250 e. The van der Waals surface area contributed by atoms with E-state index in [0.717, 1.165) is 5.56 Å². The fraction of sp³-hybridized carbons (Fsp3) is 0.500. The smallest absolute Gasteiger partial charge is 0.250 e. The van der Waals surface area contributed by atoms with Gasteiger partial charge in [-0.15, -0.1) is 0 Å². The number of nitrogens with zero attached hydrogens (tertiary/aromatic N) is 1. The van der Waals surface area contributed by atoms with Crippen molar-refractivity contribution in [3.05, 3.63) is 34.2 Å². The molecule has 4 heteroatoms. The fourth-order valence-corrected chi connectivity index (χ4v) is 1.06. The summed E-state index contributed by atoms with van der Waals surface area (Å²) in [5.41, 5.74) is 0.925. The van der Waals surface area contributed by atoms with Crippen LogP contribution in [-0.4, -0.2) is 22.3 Å². The molecule has 0 aliphatic rings. The van der Waals surface area contributed by atoms with Gasteiger partial charge in [0.25, 0.3) is 5.56 Å². The number of hydrogen-bond donors (Lipinski definition) is 2. The van der Waals surface area contributed by atoms with Gasteiger partial charge in [-0.25, -0.2) is 0 Å². The van der Waals surface area contributed by atoms with Crippen LogP contribution in [0.2, 0.25) is 0 Å². The highest BCUT2D eigenvalue weighted by molar-refractivity contribution is 5.10. The lowest BCUT2D eigenvalue weighted by atomic mass is 10.2. The average Bonchev–Trinajstić information content (AvgIpc) is 2.19. The van der Waals surface area contributed by atoms with E-state index in [2.05, 4.69) is 5.32 Å². The molecule has 0 aliphatic carbocycles. The van der Waals surface area contributed by atoms with Gasteiger partial charge in [0.15, 0.2) is 0 Å². The van der Waals surface area contributed by atoms with E-state index in [1.165, 1.54) is 4.57 Å². The van der Waals surface area contributed by atoms with Crippen LogP contribution in [-0.2, 0) is 13.6 Å². The topological polar surface area (TPSA) is 54.3 Å². The Balaban J connectivity index is 2.60. The van der Waals surface area contributed by atoms with Crippen LogP contribution < -0.4 is 10.9 Å². The highest BCUT2D eigenvalue weighted by Gasteiger charge is 1.99. The first-order valence-electron chi connectivity index (χ1n) is 4.63. The summed E-state index contributed by atoms with van der Waals surface area (Å²) < 4.78 is 1.53. The highest BCUT2D eigenvalue weighted by Crippen LogP contribution is 1.94. The van der Waals surface area contributed by atoms with Gasteiger partial charge in [-0.1, -0.05) is 0 Å². The summed E-state index contributed by atoms with van der Waals surface area (Å²) in [7, 11) is 1.72. The van der Waals surface area contributed by atoms with E-state index in [4.69, 9.17) is 5.11 Å². The largest absolute Gasteiger partial charge is 0.395 e. The number of hydrogen-bond acceptors (Lipinski definition) is 3. The molecule has 14 heavy (non-hydrogen) atoms.